The zero-order chi connectivity index (χ0) is 29.0. The van der Waals surface area contributed by atoms with E-state index in [1.165, 1.54) is 25.7 Å². The number of rotatable bonds is 4. The van der Waals surface area contributed by atoms with Gasteiger partial charge >= 0.3 is 0 Å². The largest absolute Gasteiger partial charge is 0.456 e. The van der Waals surface area contributed by atoms with Crippen LogP contribution >= 0.6 is 11.3 Å². The molecule has 0 spiro atoms. The first-order valence-corrected chi connectivity index (χ1v) is 15.3. The van der Waals surface area contributed by atoms with Gasteiger partial charge in [-0.05, 0) is 41.5 Å². The minimum absolute atomic E-state index is 0.616. The second-order valence-electron chi connectivity index (χ2n) is 10.8. The highest BCUT2D eigenvalue weighted by atomic mass is 32.1. The molecule has 0 unspecified atom stereocenters. The Kier molecular flexibility index (Phi) is 5.64. The maximum atomic E-state index is 6.47. The summed E-state index contributed by atoms with van der Waals surface area (Å²) in [5.74, 6) is 1.89. The van der Waals surface area contributed by atoms with Crippen LogP contribution in [0, 0.1) is 0 Å². The molecule has 9 rings (SSSR count). The lowest BCUT2D eigenvalue weighted by molar-refractivity contribution is 0.669. The summed E-state index contributed by atoms with van der Waals surface area (Å²) in [6.45, 7) is 0. The molecule has 0 amide bonds. The Morgan fingerprint density at radius 1 is 0.409 bits per heavy atom. The van der Waals surface area contributed by atoms with Crippen LogP contribution in [-0.4, -0.2) is 15.0 Å². The molecule has 5 heteroatoms. The van der Waals surface area contributed by atoms with Gasteiger partial charge in [0.25, 0.3) is 0 Å². The maximum absolute atomic E-state index is 6.47. The lowest BCUT2D eigenvalue weighted by Gasteiger charge is -2.09. The van der Waals surface area contributed by atoms with Gasteiger partial charge in [0.2, 0.25) is 0 Å². The van der Waals surface area contributed by atoms with Gasteiger partial charge in [0.05, 0.1) is 0 Å². The van der Waals surface area contributed by atoms with Crippen LogP contribution in [0.2, 0.25) is 0 Å². The first-order valence-electron chi connectivity index (χ1n) is 14.5. The van der Waals surface area contributed by atoms with Crippen molar-refractivity contribution in [3.63, 3.8) is 0 Å². The molecule has 3 aromatic heterocycles. The van der Waals surface area contributed by atoms with Gasteiger partial charge in [0, 0.05) is 47.6 Å². The number of furan rings is 1. The molecular formula is C39H23N3OS. The Morgan fingerprint density at radius 2 is 1.02 bits per heavy atom. The minimum Gasteiger partial charge on any atom is -0.456 e. The molecule has 0 N–H and O–H groups in total. The highest BCUT2D eigenvalue weighted by Gasteiger charge is 2.18. The molecule has 0 saturated carbocycles. The SMILES string of the molecule is c1ccc(-c2nc(-c3ccccc3)nc(-c3cccc4oc5cc(-c6ccc7c(c6)sc6ccccc67)ccc5c34)n2)cc1. The summed E-state index contributed by atoms with van der Waals surface area (Å²) in [6.07, 6.45) is 0. The number of benzene rings is 6. The maximum Gasteiger partial charge on any atom is 0.164 e. The summed E-state index contributed by atoms with van der Waals surface area (Å²) in [6, 6.07) is 48.0. The lowest BCUT2D eigenvalue weighted by atomic mass is 10.0. The third kappa shape index (κ3) is 4.09. The summed E-state index contributed by atoms with van der Waals surface area (Å²) in [5, 5.41) is 4.64. The highest BCUT2D eigenvalue weighted by Crippen LogP contribution is 2.40. The van der Waals surface area contributed by atoms with E-state index in [9.17, 15) is 0 Å². The van der Waals surface area contributed by atoms with Crippen LogP contribution < -0.4 is 0 Å². The number of fused-ring (bicyclic) bond motifs is 6. The number of nitrogens with zero attached hydrogens (tertiary/aromatic N) is 3. The lowest BCUT2D eigenvalue weighted by Crippen LogP contribution is -2.00. The van der Waals surface area contributed by atoms with E-state index >= 15 is 0 Å². The first-order chi connectivity index (χ1) is 21.8. The standard InChI is InChI=1S/C39H23N3OS/c1-3-10-24(11-4-1)37-40-38(25-12-5-2-6-13-25)42-39(41-37)31-15-9-16-32-36(31)30-21-19-26(22-33(30)43-32)27-18-20-29-28-14-7-8-17-34(28)44-35(29)23-27/h1-23H. The van der Waals surface area contributed by atoms with Gasteiger partial charge in [-0.25, -0.2) is 15.0 Å². The van der Waals surface area contributed by atoms with Gasteiger partial charge in [-0.1, -0.05) is 109 Å². The van der Waals surface area contributed by atoms with Gasteiger partial charge in [-0.3, -0.25) is 0 Å². The molecule has 206 valence electrons. The van der Waals surface area contributed by atoms with Gasteiger partial charge in [-0.15, -0.1) is 11.3 Å². The Labute approximate surface area is 256 Å². The van der Waals surface area contributed by atoms with Crippen molar-refractivity contribution in [1.29, 1.82) is 0 Å². The van der Waals surface area contributed by atoms with Crippen molar-refractivity contribution in [2.24, 2.45) is 0 Å². The van der Waals surface area contributed by atoms with Crippen molar-refractivity contribution < 1.29 is 4.42 Å². The summed E-state index contributed by atoms with van der Waals surface area (Å²) in [4.78, 5) is 14.8. The fraction of sp³-hybridized carbons (Fsp3) is 0. The predicted molar refractivity (Wildman–Crippen MR) is 182 cm³/mol. The van der Waals surface area contributed by atoms with E-state index in [1.807, 2.05) is 84.1 Å². The fourth-order valence-corrected chi connectivity index (χ4v) is 7.17. The molecule has 0 fully saturated rings. The fourth-order valence-electron chi connectivity index (χ4n) is 6.03. The highest BCUT2D eigenvalue weighted by molar-refractivity contribution is 7.25. The molecule has 3 heterocycles. The van der Waals surface area contributed by atoms with E-state index in [0.29, 0.717) is 17.5 Å². The third-order valence-corrected chi connectivity index (χ3v) is 9.28. The molecule has 0 aliphatic heterocycles. The average Bonchev–Trinajstić information content (AvgIpc) is 3.66. The Morgan fingerprint density at radius 3 is 1.77 bits per heavy atom. The normalized spacial score (nSPS) is 11.6. The van der Waals surface area contributed by atoms with E-state index in [2.05, 4.69) is 66.7 Å². The second kappa shape index (κ2) is 9.97. The summed E-state index contributed by atoms with van der Waals surface area (Å²) < 4.78 is 9.07. The van der Waals surface area contributed by atoms with Crippen LogP contribution in [0.25, 0.3) is 87.4 Å². The van der Waals surface area contributed by atoms with Crippen molar-refractivity contribution in [1.82, 2.24) is 15.0 Å². The average molecular weight is 582 g/mol. The Bertz CT molecular complexity index is 2440. The van der Waals surface area contributed by atoms with E-state index < -0.39 is 0 Å². The Balaban J connectivity index is 1.20. The van der Waals surface area contributed by atoms with Gasteiger partial charge < -0.3 is 4.42 Å². The number of hydrogen-bond acceptors (Lipinski definition) is 5. The third-order valence-electron chi connectivity index (χ3n) is 8.15. The predicted octanol–water partition coefficient (Wildman–Crippen LogP) is 10.8. The van der Waals surface area contributed by atoms with Gasteiger partial charge in [0.1, 0.15) is 11.2 Å². The molecule has 0 aliphatic rings. The molecule has 9 aromatic rings. The summed E-state index contributed by atoms with van der Waals surface area (Å²) >= 11 is 1.83. The van der Waals surface area contributed by atoms with E-state index in [4.69, 9.17) is 19.4 Å². The molecule has 0 aliphatic carbocycles. The van der Waals surface area contributed by atoms with Gasteiger partial charge in [-0.2, -0.15) is 0 Å². The molecular weight excluding hydrogens is 559 g/mol. The van der Waals surface area contributed by atoms with Crippen LogP contribution in [-0.2, 0) is 0 Å². The van der Waals surface area contributed by atoms with Crippen molar-refractivity contribution >= 4 is 53.4 Å². The van der Waals surface area contributed by atoms with Crippen LogP contribution in [0.3, 0.4) is 0 Å². The monoisotopic (exact) mass is 581 g/mol. The molecule has 6 aromatic carbocycles. The molecule has 0 atom stereocenters. The second-order valence-corrected chi connectivity index (χ2v) is 11.9. The summed E-state index contributed by atoms with van der Waals surface area (Å²) in [7, 11) is 0. The smallest absolute Gasteiger partial charge is 0.164 e. The van der Waals surface area contributed by atoms with E-state index in [-0.39, 0.29) is 0 Å². The number of thiophene rings is 1. The minimum atomic E-state index is 0.616. The number of hydrogen-bond donors (Lipinski definition) is 0. The Hall–Kier alpha value is -5.65. The first kappa shape index (κ1) is 24.9. The van der Waals surface area contributed by atoms with E-state index in [1.54, 1.807) is 0 Å². The van der Waals surface area contributed by atoms with Crippen LogP contribution in [0.15, 0.2) is 144 Å². The van der Waals surface area contributed by atoms with Crippen molar-refractivity contribution in [3.8, 4) is 45.3 Å². The molecule has 0 saturated heterocycles. The summed E-state index contributed by atoms with van der Waals surface area (Å²) in [5.41, 5.74) is 6.73. The van der Waals surface area contributed by atoms with Crippen molar-refractivity contribution in [3.05, 3.63) is 140 Å². The zero-order valence-electron chi connectivity index (χ0n) is 23.4. The van der Waals surface area contributed by atoms with Crippen LogP contribution in [0.4, 0.5) is 0 Å². The molecule has 0 radical (unpaired) electrons. The van der Waals surface area contributed by atoms with Crippen molar-refractivity contribution in [2.45, 2.75) is 0 Å². The number of aromatic nitrogens is 3. The topological polar surface area (TPSA) is 51.8 Å². The van der Waals surface area contributed by atoms with Crippen molar-refractivity contribution in [2.75, 3.05) is 0 Å². The van der Waals surface area contributed by atoms with Crippen LogP contribution in [0.5, 0.6) is 0 Å². The van der Waals surface area contributed by atoms with Gasteiger partial charge in [0.15, 0.2) is 17.5 Å². The zero-order valence-corrected chi connectivity index (χ0v) is 24.3. The van der Waals surface area contributed by atoms with Crippen LogP contribution in [0.1, 0.15) is 0 Å². The molecule has 0 bridgehead atoms. The molecule has 4 nitrogen and oxygen atoms in total. The quantitative estimate of drug-likeness (QED) is 0.207. The van der Waals surface area contributed by atoms with E-state index in [0.717, 1.165) is 44.2 Å². The molecule has 44 heavy (non-hydrogen) atoms.